The van der Waals surface area contributed by atoms with E-state index in [0.29, 0.717) is 63.6 Å². The van der Waals surface area contributed by atoms with E-state index < -0.39 is 167 Å². The summed E-state index contributed by atoms with van der Waals surface area (Å²) in [6.07, 6.45) is 10.5. The van der Waals surface area contributed by atoms with E-state index in [0.717, 1.165) is 105 Å². The van der Waals surface area contributed by atoms with Crippen LogP contribution < -0.4 is 16.0 Å². The van der Waals surface area contributed by atoms with Crippen molar-refractivity contribution in [3.05, 3.63) is 34.3 Å². The first-order valence-corrected chi connectivity index (χ1v) is 38.3. The summed E-state index contributed by atoms with van der Waals surface area (Å²) in [5.41, 5.74) is -2.33. The van der Waals surface area contributed by atoms with Crippen molar-refractivity contribution in [2.75, 3.05) is 88.6 Å². The highest BCUT2D eigenvalue weighted by molar-refractivity contribution is 6.31. The lowest BCUT2D eigenvalue weighted by Crippen LogP contribution is -2.65. The smallest absolute Gasteiger partial charge is 0.343 e. The van der Waals surface area contributed by atoms with Gasteiger partial charge in [-0.3, -0.25) is 57.5 Å². The quantitative estimate of drug-likeness (QED) is 0.203. The van der Waals surface area contributed by atoms with Crippen LogP contribution in [0.4, 0.5) is 13.2 Å². The van der Waals surface area contributed by atoms with Crippen LogP contribution in [0.25, 0.3) is 0 Å². The van der Waals surface area contributed by atoms with E-state index in [2.05, 4.69) is 16.0 Å². The molecule has 4 saturated carbocycles. The molecule has 7 aliphatic rings. The molecular formula is C75H114ClF3N12O12. The number of carbonyl (C=O) groups is 12. The Bertz CT molecular complexity index is 3200. The number of halogens is 4. The number of nitrogens with one attached hydrogen (secondary N) is 3. The van der Waals surface area contributed by atoms with Crippen LogP contribution in [-0.4, -0.2) is 251 Å². The van der Waals surface area contributed by atoms with E-state index in [1.807, 2.05) is 13.8 Å². The maximum absolute atomic E-state index is 15.9. The fourth-order valence-electron chi connectivity index (χ4n) is 17.0. The highest BCUT2D eigenvalue weighted by Gasteiger charge is 2.52. The highest BCUT2D eigenvalue weighted by atomic mass is 35.5. The van der Waals surface area contributed by atoms with Gasteiger partial charge in [-0.2, -0.15) is 13.2 Å². The van der Waals surface area contributed by atoms with Crippen LogP contribution in [0.5, 0.6) is 0 Å². The third-order valence-electron chi connectivity index (χ3n) is 23.2. The molecule has 8 rings (SSSR count). The lowest BCUT2D eigenvalue weighted by Gasteiger charge is -2.43. The molecule has 24 nitrogen and oxygen atoms in total. The predicted molar refractivity (Wildman–Crippen MR) is 381 cm³/mol. The minimum atomic E-state index is -4.76. The highest BCUT2D eigenvalue weighted by Crippen LogP contribution is 2.39. The van der Waals surface area contributed by atoms with Gasteiger partial charge in [-0.15, -0.1) is 0 Å². The van der Waals surface area contributed by atoms with Gasteiger partial charge in [0.1, 0.15) is 47.8 Å². The molecule has 28 heteroatoms. The fourth-order valence-corrected chi connectivity index (χ4v) is 17.3. The topological polar surface area (TPSA) is 270 Å². The molecule has 3 N–H and O–H groups in total. The third-order valence-corrected chi connectivity index (χ3v) is 23.5. The Morgan fingerprint density at radius 3 is 1.75 bits per heavy atom. The van der Waals surface area contributed by atoms with E-state index in [-0.39, 0.29) is 75.7 Å². The van der Waals surface area contributed by atoms with E-state index in [9.17, 15) is 37.1 Å². The van der Waals surface area contributed by atoms with Crippen LogP contribution in [0.2, 0.25) is 5.02 Å². The molecule has 103 heavy (non-hydrogen) atoms. The van der Waals surface area contributed by atoms with Crippen LogP contribution >= 0.6 is 11.6 Å². The number of amides is 12. The molecular weight excluding hydrogens is 1350 g/mol. The van der Waals surface area contributed by atoms with E-state index >= 15 is 33.6 Å². The number of likely N-dealkylation sites (N-methyl/N-ethyl adjacent to an activating group) is 7. The van der Waals surface area contributed by atoms with Crippen molar-refractivity contribution in [2.24, 2.45) is 23.7 Å². The van der Waals surface area contributed by atoms with Crippen LogP contribution in [0.15, 0.2) is 18.2 Å². The molecule has 0 bridgehead atoms. The summed E-state index contributed by atoms with van der Waals surface area (Å²) in [6.45, 7) is 2.95. The summed E-state index contributed by atoms with van der Waals surface area (Å²) in [4.78, 5) is 192. The first-order chi connectivity index (χ1) is 48.8. The molecule has 0 aromatic heterocycles. The molecule has 12 amide bonds. The summed E-state index contributed by atoms with van der Waals surface area (Å²) in [5.74, 6) is -7.94. The van der Waals surface area contributed by atoms with Crippen molar-refractivity contribution < 1.29 is 70.7 Å². The Kier molecular flexibility index (Phi) is 29.1. The molecule has 1 spiro atoms. The van der Waals surface area contributed by atoms with Crippen molar-refractivity contribution in [1.82, 2.24) is 60.0 Å². The molecule has 3 aliphatic heterocycles. The van der Waals surface area contributed by atoms with Crippen LogP contribution in [0.1, 0.15) is 205 Å². The normalized spacial score (nSPS) is 27.1. The Labute approximate surface area is 611 Å². The largest absolute Gasteiger partial charge is 0.417 e. The van der Waals surface area contributed by atoms with Gasteiger partial charge in [-0.05, 0) is 131 Å². The number of rotatable bonds is 11. The van der Waals surface area contributed by atoms with Crippen LogP contribution in [0, 0.1) is 23.7 Å². The zero-order valence-electron chi connectivity index (χ0n) is 62.3. The number of benzene rings is 1. The molecule has 3 heterocycles. The van der Waals surface area contributed by atoms with Crippen molar-refractivity contribution in [1.29, 1.82) is 0 Å². The van der Waals surface area contributed by atoms with Crippen molar-refractivity contribution in [2.45, 2.75) is 254 Å². The maximum atomic E-state index is 15.9. The van der Waals surface area contributed by atoms with E-state index in [1.165, 1.54) is 84.8 Å². The molecule has 0 radical (unpaired) electrons. The van der Waals surface area contributed by atoms with Gasteiger partial charge in [0.15, 0.2) is 0 Å². The Morgan fingerprint density at radius 2 is 1.14 bits per heavy atom. The second kappa shape index (κ2) is 36.8. The average molecular weight is 1470 g/mol. The second-order valence-corrected chi connectivity index (χ2v) is 31.7. The van der Waals surface area contributed by atoms with Gasteiger partial charge in [0.05, 0.1) is 36.6 Å². The SMILES string of the molecule is CC(C)C[C@H]1C(=O)N[C@@H](CC2CCCC2)C(=O)N(C)CC(=O)N(C)CC(=O)N(C)[C@@H](CC2CCCCC2)C(=O)N(C)CC(=O)N[C@@H](CCc2ccc(C(F)(F)F)c(Cl)c2)C(=O)N2CCC[C@H]2C(=O)NC2(CCCC2)C(=O)N(C)[C@@H](C2CCCCC2)C(=O)N(C)[C@H](C(=O)N2CCCCC2)CC(=O)N1C. The van der Waals surface area contributed by atoms with Crippen molar-refractivity contribution >= 4 is 82.5 Å². The lowest BCUT2D eigenvalue weighted by atomic mass is 9.81. The number of fused-ring (bicyclic) bond motifs is 1. The minimum absolute atomic E-state index is 0.0233. The predicted octanol–water partition coefficient (Wildman–Crippen LogP) is 6.96. The zero-order valence-corrected chi connectivity index (χ0v) is 63.0. The number of aryl methyl sites for hydroxylation is 1. The first kappa shape index (κ1) is 81.6. The summed E-state index contributed by atoms with van der Waals surface area (Å²) in [7, 11) is 10.1. The lowest BCUT2D eigenvalue weighted by molar-refractivity contribution is -0.157. The Morgan fingerprint density at radius 1 is 0.563 bits per heavy atom. The first-order valence-electron chi connectivity index (χ1n) is 38.0. The summed E-state index contributed by atoms with van der Waals surface area (Å²) < 4.78 is 41.7. The monoisotopic (exact) mass is 1470 g/mol. The summed E-state index contributed by atoms with van der Waals surface area (Å²) in [5, 5.41) is 8.29. The van der Waals surface area contributed by atoms with Gasteiger partial charge in [0.25, 0.3) is 0 Å². The number of piperidine rings is 1. The van der Waals surface area contributed by atoms with Crippen LogP contribution in [-0.2, 0) is 70.1 Å². The van der Waals surface area contributed by atoms with E-state index in [1.54, 1.807) is 4.90 Å². The van der Waals surface area contributed by atoms with Gasteiger partial charge in [0.2, 0.25) is 70.9 Å². The number of hydrogen-bond donors (Lipinski definition) is 3. The number of likely N-dealkylation sites (tertiary alicyclic amines) is 1. The molecule has 0 unspecified atom stereocenters. The summed E-state index contributed by atoms with van der Waals surface area (Å²) >= 11 is 6.17. The van der Waals surface area contributed by atoms with Gasteiger partial charge in [-0.1, -0.05) is 121 Å². The zero-order chi connectivity index (χ0) is 75.2. The Hall–Kier alpha value is -7.06. The van der Waals surface area contributed by atoms with Gasteiger partial charge < -0.3 is 60.0 Å². The van der Waals surface area contributed by atoms with E-state index in [4.69, 9.17) is 11.6 Å². The molecule has 1 aromatic rings. The molecule has 1 aromatic carbocycles. The second-order valence-electron chi connectivity index (χ2n) is 31.2. The van der Waals surface area contributed by atoms with Gasteiger partial charge in [-0.25, -0.2) is 0 Å². The molecule has 7 fully saturated rings. The van der Waals surface area contributed by atoms with Gasteiger partial charge in [0, 0.05) is 69.0 Å². The van der Waals surface area contributed by atoms with Crippen molar-refractivity contribution in [3.63, 3.8) is 0 Å². The molecule has 4 aliphatic carbocycles. The molecule has 574 valence electrons. The maximum Gasteiger partial charge on any atom is 0.417 e. The minimum Gasteiger partial charge on any atom is -0.343 e. The fraction of sp³-hybridized carbons (Fsp3) is 0.760. The van der Waals surface area contributed by atoms with Gasteiger partial charge >= 0.3 is 6.18 Å². The molecule has 3 saturated heterocycles. The van der Waals surface area contributed by atoms with Crippen LogP contribution in [0.3, 0.4) is 0 Å². The third kappa shape index (κ3) is 20.9. The standard InChI is InChI=1S/C75H114ClF3N12O12/c1-48(2)40-58-66(96)81-56(42-49-26-17-18-27-49)68(98)85(5)46-63(94)83(3)47-64(95)87(7)59(43-50-24-13-10-14-25-50)70(100)84(4)45-61(92)80-55(34-32-51-31-33-53(54(76)41-51)75(77,78)79)69(99)91-39-23-30-57(91)67(97)82-74(35-19-20-36-74)73(103)89(9)65(52-28-15-11-16-29-52)72(102)88(8)60(44-62(93)86(58)6)71(101)90-37-21-12-22-38-90/h31,33,41,48-50,52,55-60,65H,10-30,32,34-40,42-47H2,1-9H3,(H,80,92)(H,81,96)(H,82,97)/t55-,56-,57-,58-,59-,60-,65-/m0/s1. The average Bonchev–Trinajstić information content (AvgIpc) is 1.77. The van der Waals surface area contributed by atoms with Crippen molar-refractivity contribution in [3.8, 4) is 0 Å². The number of hydrogen-bond acceptors (Lipinski definition) is 12. The number of nitrogens with zero attached hydrogens (tertiary/aromatic N) is 9. The number of alkyl halides is 3. The Balaban J connectivity index is 1.17. The number of carbonyl (C=O) groups excluding carboxylic acids is 12. The summed E-state index contributed by atoms with van der Waals surface area (Å²) in [6, 6.07) is -5.41. The molecule has 7 atom stereocenters.